The van der Waals surface area contributed by atoms with Gasteiger partial charge in [-0.3, -0.25) is 0 Å². The molecular weight excluding hydrogens is 571 g/mol. The van der Waals surface area contributed by atoms with E-state index in [1.807, 2.05) is 20.8 Å². The lowest BCUT2D eigenvalue weighted by molar-refractivity contribution is 0.0697. The number of carbonyl (C=O) groups is 1. The number of methoxy groups -OCH3 is 1. The van der Waals surface area contributed by atoms with E-state index in [0.29, 0.717) is 29.0 Å². The fourth-order valence-electron chi connectivity index (χ4n) is 4.86. The number of pyridine rings is 1. The molecule has 10 heteroatoms. The van der Waals surface area contributed by atoms with E-state index in [1.165, 1.54) is 24.3 Å². The molecule has 2 aromatic heterocycles. The van der Waals surface area contributed by atoms with Crippen LogP contribution in [0.25, 0.3) is 22.3 Å². The van der Waals surface area contributed by atoms with E-state index in [9.17, 15) is 14.3 Å². The van der Waals surface area contributed by atoms with Crippen molar-refractivity contribution in [2.24, 2.45) is 0 Å². The summed E-state index contributed by atoms with van der Waals surface area (Å²) in [5, 5.41) is 9.45. The molecule has 2 heterocycles. The monoisotopic (exact) mass is 605 g/mol. The second-order valence-corrected chi connectivity index (χ2v) is 10.1. The van der Waals surface area contributed by atoms with E-state index < -0.39 is 23.4 Å². The summed E-state index contributed by atoms with van der Waals surface area (Å²) in [4.78, 5) is 20.5. The average Bonchev–Trinajstić information content (AvgIpc) is 3.37. The van der Waals surface area contributed by atoms with Gasteiger partial charge in [0.05, 0.1) is 34.9 Å². The van der Waals surface area contributed by atoms with Crippen LogP contribution in [0.2, 0.25) is 0 Å². The summed E-state index contributed by atoms with van der Waals surface area (Å²) in [6.07, 6.45) is -0.0487. The molecule has 0 bridgehead atoms. The van der Waals surface area contributed by atoms with E-state index in [4.69, 9.17) is 9.47 Å². The summed E-state index contributed by atoms with van der Waals surface area (Å²) in [5.41, 5.74) is 2.46. The van der Waals surface area contributed by atoms with Crippen LogP contribution in [0.4, 0.5) is 13.2 Å². The number of hydrogen-bond donors (Lipinski definition) is 1. The Morgan fingerprint density at radius 3 is 2.39 bits per heavy atom. The molecule has 0 amide bonds. The third kappa shape index (κ3) is 7.08. The molecule has 0 aliphatic heterocycles. The van der Waals surface area contributed by atoms with Crippen LogP contribution >= 0.6 is 0 Å². The molecule has 3 aromatic carbocycles. The fraction of sp³-hybridized carbons (Fsp3) is 0.265. The molecule has 1 N–H and O–H groups in total. The molecule has 7 nitrogen and oxygen atoms in total. The van der Waals surface area contributed by atoms with Gasteiger partial charge in [0.2, 0.25) is 5.88 Å². The lowest BCUT2D eigenvalue weighted by Gasteiger charge is -2.17. The smallest absolute Gasteiger partial charge is 0.335 e. The maximum Gasteiger partial charge on any atom is 0.335 e. The van der Waals surface area contributed by atoms with Crippen LogP contribution in [-0.2, 0) is 17.8 Å². The molecule has 0 fully saturated rings. The van der Waals surface area contributed by atoms with Crippen molar-refractivity contribution < 1.29 is 32.5 Å². The van der Waals surface area contributed by atoms with Gasteiger partial charge >= 0.3 is 5.97 Å². The van der Waals surface area contributed by atoms with Crippen molar-refractivity contribution >= 4 is 17.0 Å². The molecule has 230 valence electrons. The minimum Gasteiger partial charge on any atom is -0.478 e. The van der Waals surface area contributed by atoms with Crippen LogP contribution < -0.4 is 4.74 Å². The maximum absolute atomic E-state index is 15.4. The number of benzene rings is 3. The van der Waals surface area contributed by atoms with Crippen molar-refractivity contribution in [1.29, 1.82) is 0 Å². The van der Waals surface area contributed by atoms with Gasteiger partial charge < -0.3 is 19.1 Å². The Hall–Kier alpha value is -4.70. The minimum absolute atomic E-state index is 0.0487. The number of hydrogen-bond acceptors (Lipinski definition) is 5. The highest BCUT2D eigenvalue weighted by Gasteiger charge is 2.21. The van der Waals surface area contributed by atoms with Crippen LogP contribution in [0.5, 0.6) is 5.88 Å². The van der Waals surface area contributed by atoms with Gasteiger partial charge in [-0.25, -0.2) is 27.9 Å². The van der Waals surface area contributed by atoms with Gasteiger partial charge in [-0.05, 0) is 67.4 Å². The molecule has 0 radical (unpaired) electrons. The van der Waals surface area contributed by atoms with E-state index >= 15 is 8.78 Å². The van der Waals surface area contributed by atoms with Gasteiger partial charge in [-0.2, -0.15) is 0 Å². The number of carboxylic acids is 1. The Labute approximate surface area is 253 Å². The zero-order valence-corrected chi connectivity index (χ0v) is 25.2. The third-order valence-corrected chi connectivity index (χ3v) is 6.93. The Kier molecular flexibility index (Phi) is 10.4. The van der Waals surface area contributed by atoms with Crippen molar-refractivity contribution in [1.82, 2.24) is 14.5 Å². The maximum atomic E-state index is 15.4. The standard InChI is InChI=1S/C32H28F3N3O4.C2H6/c1-18-7-8-21(24(33)11-18)17-42-31-6-4-5-27(37-31)23-15-25(34)22(12-26(23)35)14-30-36-28-10-9-20(32(39)40)13-29(28)38(30)19(2)16-41-3;1-2/h4-13,15,19H,14,16-17H2,1-3H3,(H,39,40);1-2H3. The number of aryl methyl sites for hydroxylation is 1. The SMILES string of the molecule is CC.COCC(C)n1c(Cc2cc(F)c(-c3cccc(OCc4ccc(C)cc4F)n3)cc2F)nc2ccc(C(=O)O)cc21. The highest BCUT2D eigenvalue weighted by molar-refractivity contribution is 5.92. The number of aromatic nitrogens is 3. The number of carboxylic acid groups (broad SMARTS) is 1. The summed E-state index contributed by atoms with van der Waals surface area (Å²) in [6.45, 7) is 7.88. The highest BCUT2D eigenvalue weighted by Crippen LogP contribution is 2.29. The molecule has 5 aromatic rings. The molecule has 0 spiro atoms. The summed E-state index contributed by atoms with van der Waals surface area (Å²) < 4.78 is 57.7. The van der Waals surface area contributed by atoms with Gasteiger partial charge in [-0.15, -0.1) is 0 Å². The number of halogens is 3. The summed E-state index contributed by atoms with van der Waals surface area (Å²) in [6, 6.07) is 15.9. The minimum atomic E-state index is -1.08. The van der Waals surface area contributed by atoms with Crippen molar-refractivity contribution in [3.63, 3.8) is 0 Å². The lowest BCUT2D eigenvalue weighted by atomic mass is 10.0. The number of nitrogens with zero attached hydrogens (tertiary/aromatic N) is 3. The molecule has 1 unspecified atom stereocenters. The van der Waals surface area contributed by atoms with Crippen LogP contribution in [0, 0.1) is 24.4 Å². The van der Waals surface area contributed by atoms with Gasteiger partial charge in [0.15, 0.2) is 0 Å². The van der Waals surface area contributed by atoms with E-state index in [1.54, 1.807) is 48.9 Å². The van der Waals surface area contributed by atoms with Crippen LogP contribution in [0.1, 0.15) is 59.7 Å². The first-order valence-electron chi connectivity index (χ1n) is 14.2. The molecule has 5 rings (SSSR count). The van der Waals surface area contributed by atoms with Crippen LogP contribution in [0.15, 0.2) is 66.7 Å². The molecular formula is C34H34F3N3O4. The molecule has 0 saturated heterocycles. The largest absolute Gasteiger partial charge is 0.478 e. The fourth-order valence-corrected chi connectivity index (χ4v) is 4.86. The van der Waals surface area contributed by atoms with Crippen LogP contribution in [-0.4, -0.2) is 39.3 Å². The first kappa shape index (κ1) is 32.2. The second-order valence-electron chi connectivity index (χ2n) is 10.1. The van der Waals surface area contributed by atoms with Gasteiger partial charge in [0.1, 0.15) is 29.9 Å². The Morgan fingerprint density at radius 1 is 0.932 bits per heavy atom. The molecule has 0 aliphatic carbocycles. The van der Waals surface area contributed by atoms with E-state index in [2.05, 4.69) is 9.97 Å². The van der Waals surface area contributed by atoms with Crippen LogP contribution in [0.3, 0.4) is 0 Å². The average molecular weight is 606 g/mol. The number of fused-ring (bicyclic) bond motifs is 1. The Morgan fingerprint density at radius 2 is 1.68 bits per heavy atom. The van der Waals surface area contributed by atoms with E-state index in [0.717, 1.165) is 17.7 Å². The van der Waals surface area contributed by atoms with Gasteiger partial charge in [0.25, 0.3) is 0 Å². The summed E-state index contributed by atoms with van der Waals surface area (Å²) in [7, 11) is 1.54. The Bertz CT molecular complexity index is 1790. The topological polar surface area (TPSA) is 86.5 Å². The van der Waals surface area contributed by atoms with Crippen molar-refractivity contribution in [2.75, 3.05) is 13.7 Å². The highest BCUT2D eigenvalue weighted by atomic mass is 19.1. The van der Waals surface area contributed by atoms with E-state index in [-0.39, 0.29) is 47.3 Å². The van der Waals surface area contributed by atoms with Gasteiger partial charge in [0, 0.05) is 30.7 Å². The zero-order valence-electron chi connectivity index (χ0n) is 25.2. The molecule has 44 heavy (non-hydrogen) atoms. The molecule has 1 atom stereocenters. The number of aromatic carboxylic acids is 1. The summed E-state index contributed by atoms with van der Waals surface area (Å²) in [5.74, 6) is -2.27. The number of rotatable bonds is 10. The molecule has 0 aliphatic rings. The predicted molar refractivity (Wildman–Crippen MR) is 162 cm³/mol. The van der Waals surface area contributed by atoms with Crippen molar-refractivity contribution in [2.45, 2.75) is 46.8 Å². The van der Waals surface area contributed by atoms with Gasteiger partial charge in [-0.1, -0.05) is 32.0 Å². The van der Waals surface area contributed by atoms with Crippen molar-refractivity contribution in [3.8, 4) is 17.1 Å². The normalized spacial score (nSPS) is 11.6. The Balaban J connectivity index is 0.00000216. The lowest BCUT2D eigenvalue weighted by Crippen LogP contribution is -2.15. The second kappa shape index (κ2) is 14.2. The third-order valence-electron chi connectivity index (χ3n) is 6.93. The summed E-state index contributed by atoms with van der Waals surface area (Å²) >= 11 is 0. The van der Waals surface area contributed by atoms with Crippen molar-refractivity contribution in [3.05, 3.63) is 112 Å². The number of imidazole rings is 1. The number of ether oxygens (including phenoxy) is 2. The molecule has 0 saturated carbocycles. The first-order chi connectivity index (χ1) is 21.1. The first-order valence-corrected chi connectivity index (χ1v) is 14.2. The quantitative estimate of drug-likeness (QED) is 0.174. The zero-order chi connectivity index (χ0) is 32.0. The predicted octanol–water partition coefficient (Wildman–Crippen LogP) is 7.93.